The summed E-state index contributed by atoms with van der Waals surface area (Å²) in [4.78, 5) is 20.7. The van der Waals surface area contributed by atoms with E-state index in [2.05, 4.69) is 25.8 Å². The fourth-order valence-electron chi connectivity index (χ4n) is 4.23. The minimum atomic E-state index is -0.562. The molecule has 11 heteroatoms. The number of imidazole rings is 1. The molecule has 8 nitrogen and oxygen atoms in total. The van der Waals surface area contributed by atoms with Crippen molar-refractivity contribution < 1.29 is 9.18 Å². The Balaban J connectivity index is 1.40. The molecule has 5 aromatic rings. The van der Waals surface area contributed by atoms with Crippen LogP contribution in [-0.4, -0.2) is 26.2 Å². The molecule has 194 valence electrons. The van der Waals surface area contributed by atoms with E-state index in [1.165, 1.54) is 6.07 Å². The molecule has 0 saturated heterocycles. The molecular weight excluding hydrogens is 528 g/mol. The molecule has 0 spiro atoms. The number of carbonyl (C=O) groups excluding carboxylic acids is 1. The second-order valence-electron chi connectivity index (χ2n) is 8.88. The van der Waals surface area contributed by atoms with Crippen LogP contribution >= 0.6 is 23.2 Å². The van der Waals surface area contributed by atoms with Crippen LogP contribution < -0.4 is 16.4 Å². The number of nitrogens with zero attached hydrogens (tertiary/aromatic N) is 2. The third-order valence-corrected chi connectivity index (χ3v) is 7.07. The fraction of sp³-hybridized carbons (Fsp3) is 0.148. The van der Waals surface area contributed by atoms with E-state index < -0.39 is 17.9 Å². The van der Waals surface area contributed by atoms with Crippen molar-refractivity contribution in [3.8, 4) is 11.3 Å². The molecular formula is C27H24Cl2FN7O. The molecule has 0 aliphatic heterocycles. The summed E-state index contributed by atoms with van der Waals surface area (Å²) in [5.74, 6) is 0.388. The Bertz CT molecular complexity index is 1620. The SMILES string of the molecule is Cc1ccc(F)c(CNC(=O)NC(Cc2ccccc2)c2nc(-c3ccc4c(N)n[nH]c4c3)c(Cl)[nH]2)c1Cl. The second kappa shape index (κ2) is 10.7. The Labute approximate surface area is 227 Å². The van der Waals surface area contributed by atoms with Crippen LogP contribution in [0.5, 0.6) is 0 Å². The fourth-order valence-corrected chi connectivity index (χ4v) is 4.70. The Hall–Kier alpha value is -4.08. The number of anilines is 1. The molecule has 1 atom stereocenters. The number of nitrogens with two attached hydrogens (primary N) is 1. The number of aryl methyl sites for hydroxylation is 1. The number of fused-ring (bicyclic) bond motifs is 1. The van der Waals surface area contributed by atoms with Gasteiger partial charge in [0, 0.05) is 23.1 Å². The van der Waals surface area contributed by atoms with Gasteiger partial charge >= 0.3 is 6.03 Å². The predicted octanol–water partition coefficient (Wildman–Crippen LogP) is 6.07. The highest BCUT2D eigenvalue weighted by Crippen LogP contribution is 2.31. The zero-order valence-electron chi connectivity index (χ0n) is 20.3. The lowest BCUT2D eigenvalue weighted by Gasteiger charge is -2.18. The van der Waals surface area contributed by atoms with E-state index in [-0.39, 0.29) is 17.1 Å². The lowest BCUT2D eigenvalue weighted by molar-refractivity contribution is 0.236. The summed E-state index contributed by atoms with van der Waals surface area (Å²) in [6.07, 6.45) is 0.438. The zero-order chi connectivity index (χ0) is 26.8. The molecule has 2 heterocycles. The first-order chi connectivity index (χ1) is 18.3. The van der Waals surface area contributed by atoms with Gasteiger partial charge in [-0.3, -0.25) is 5.10 Å². The molecule has 0 bridgehead atoms. The lowest BCUT2D eigenvalue weighted by Crippen LogP contribution is -2.39. The van der Waals surface area contributed by atoms with E-state index in [0.717, 1.165) is 27.6 Å². The van der Waals surface area contributed by atoms with Gasteiger partial charge in [-0.25, -0.2) is 14.2 Å². The Morgan fingerprint density at radius 1 is 1.13 bits per heavy atom. The molecule has 0 fully saturated rings. The van der Waals surface area contributed by atoms with Gasteiger partial charge in [0.1, 0.15) is 22.5 Å². The van der Waals surface area contributed by atoms with Gasteiger partial charge in [-0.05, 0) is 42.7 Å². The van der Waals surface area contributed by atoms with Crippen molar-refractivity contribution in [3.63, 3.8) is 0 Å². The minimum Gasteiger partial charge on any atom is -0.382 e. The highest BCUT2D eigenvalue weighted by atomic mass is 35.5. The van der Waals surface area contributed by atoms with Crippen molar-refractivity contribution >= 4 is 46.0 Å². The Kier molecular flexibility index (Phi) is 7.22. The monoisotopic (exact) mass is 551 g/mol. The van der Waals surface area contributed by atoms with Gasteiger partial charge in [0.15, 0.2) is 5.82 Å². The van der Waals surface area contributed by atoms with E-state index in [0.29, 0.717) is 28.9 Å². The third-order valence-electron chi connectivity index (χ3n) is 6.27. The standard InChI is InChI=1S/C27H24Cl2FN7O/c1-14-7-10-19(30)18(22(14)28)13-32-27(38)33-21(11-15-5-3-2-4-6-15)26-34-23(24(29)35-26)16-8-9-17-20(12-16)36-37-25(17)31/h2-10,12,21H,11,13H2,1H3,(H,34,35)(H3,31,36,37)(H2,32,33,38). The van der Waals surface area contributed by atoms with E-state index >= 15 is 0 Å². The van der Waals surface area contributed by atoms with Crippen LogP contribution in [0.2, 0.25) is 10.2 Å². The molecule has 1 unspecified atom stereocenters. The number of urea groups is 1. The van der Waals surface area contributed by atoms with E-state index in [4.69, 9.17) is 33.9 Å². The minimum absolute atomic E-state index is 0.0757. The number of nitrogen functional groups attached to an aromatic ring is 1. The van der Waals surface area contributed by atoms with Crippen molar-refractivity contribution in [1.82, 2.24) is 30.8 Å². The molecule has 2 aromatic heterocycles. The van der Waals surface area contributed by atoms with E-state index in [1.54, 1.807) is 13.0 Å². The Morgan fingerprint density at radius 2 is 1.92 bits per heavy atom. The number of benzene rings is 3. The molecule has 0 aliphatic rings. The Morgan fingerprint density at radius 3 is 2.71 bits per heavy atom. The van der Waals surface area contributed by atoms with Crippen LogP contribution in [0.1, 0.15) is 28.6 Å². The van der Waals surface area contributed by atoms with Crippen LogP contribution in [-0.2, 0) is 13.0 Å². The summed E-state index contributed by atoms with van der Waals surface area (Å²) >= 11 is 12.8. The molecule has 38 heavy (non-hydrogen) atoms. The lowest BCUT2D eigenvalue weighted by atomic mass is 10.1. The average Bonchev–Trinajstić information content (AvgIpc) is 3.48. The van der Waals surface area contributed by atoms with Crippen LogP contribution in [0.3, 0.4) is 0 Å². The first kappa shape index (κ1) is 25.6. The van der Waals surface area contributed by atoms with Crippen LogP contribution in [0, 0.1) is 12.7 Å². The molecule has 6 N–H and O–H groups in total. The van der Waals surface area contributed by atoms with Crippen molar-refractivity contribution in [2.24, 2.45) is 0 Å². The maximum Gasteiger partial charge on any atom is 0.315 e. The summed E-state index contributed by atoms with van der Waals surface area (Å²) < 4.78 is 14.3. The molecule has 2 amide bonds. The summed E-state index contributed by atoms with van der Waals surface area (Å²) in [6, 6.07) is 17.1. The van der Waals surface area contributed by atoms with E-state index in [9.17, 15) is 9.18 Å². The van der Waals surface area contributed by atoms with Crippen LogP contribution in [0.15, 0.2) is 60.7 Å². The van der Waals surface area contributed by atoms with Crippen molar-refractivity contribution in [2.45, 2.75) is 25.9 Å². The van der Waals surface area contributed by atoms with Crippen molar-refractivity contribution in [2.75, 3.05) is 5.73 Å². The van der Waals surface area contributed by atoms with Crippen molar-refractivity contribution in [1.29, 1.82) is 0 Å². The smallest absolute Gasteiger partial charge is 0.315 e. The van der Waals surface area contributed by atoms with Gasteiger partial charge in [0.2, 0.25) is 0 Å². The first-order valence-corrected chi connectivity index (χ1v) is 12.6. The van der Waals surface area contributed by atoms with Gasteiger partial charge in [0.05, 0.1) is 16.6 Å². The highest BCUT2D eigenvalue weighted by Gasteiger charge is 2.22. The quantitative estimate of drug-likeness (QED) is 0.168. The van der Waals surface area contributed by atoms with Gasteiger partial charge in [-0.15, -0.1) is 0 Å². The largest absolute Gasteiger partial charge is 0.382 e. The number of aromatic amines is 2. The number of nitrogens with one attached hydrogen (secondary N) is 4. The summed E-state index contributed by atoms with van der Waals surface area (Å²) in [5, 5.41) is 13.9. The van der Waals surface area contributed by atoms with Gasteiger partial charge in [0.25, 0.3) is 0 Å². The summed E-state index contributed by atoms with van der Waals surface area (Å²) in [6.45, 7) is 1.70. The van der Waals surface area contributed by atoms with Gasteiger partial charge < -0.3 is 21.4 Å². The van der Waals surface area contributed by atoms with E-state index in [1.807, 2.05) is 48.5 Å². The summed E-state index contributed by atoms with van der Waals surface area (Å²) in [5.41, 5.74) is 9.83. The first-order valence-electron chi connectivity index (χ1n) is 11.8. The maximum atomic E-state index is 14.3. The molecule has 0 aliphatic carbocycles. The van der Waals surface area contributed by atoms with Gasteiger partial charge in [-0.1, -0.05) is 65.7 Å². The summed E-state index contributed by atoms with van der Waals surface area (Å²) in [7, 11) is 0. The molecule has 5 rings (SSSR count). The number of carbonyl (C=O) groups is 1. The zero-order valence-corrected chi connectivity index (χ0v) is 21.8. The number of hydrogen-bond donors (Lipinski definition) is 5. The normalized spacial score (nSPS) is 12.0. The number of halogens is 3. The third kappa shape index (κ3) is 5.29. The highest BCUT2D eigenvalue weighted by molar-refractivity contribution is 6.32. The molecule has 0 radical (unpaired) electrons. The predicted molar refractivity (Wildman–Crippen MR) is 148 cm³/mol. The van der Waals surface area contributed by atoms with Crippen molar-refractivity contribution in [3.05, 3.63) is 99.2 Å². The second-order valence-corrected chi connectivity index (χ2v) is 9.64. The maximum absolute atomic E-state index is 14.3. The number of amides is 2. The number of H-pyrrole nitrogens is 2. The average molecular weight is 552 g/mol. The topological polar surface area (TPSA) is 125 Å². The number of hydrogen-bond acceptors (Lipinski definition) is 4. The van der Waals surface area contributed by atoms with Crippen LogP contribution in [0.4, 0.5) is 15.0 Å². The molecule has 3 aromatic carbocycles. The van der Waals surface area contributed by atoms with Crippen LogP contribution in [0.25, 0.3) is 22.2 Å². The molecule has 0 saturated carbocycles. The number of rotatable bonds is 7. The number of aromatic nitrogens is 4. The van der Waals surface area contributed by atoms with Gasteiger partial charge in [-0.2, -0.15) is 5.10 Å².